The van der Waals surface area contributed by atoms with E-state index in [1.807, 2.05) is 0 Å². The quantitative estimate of drug-likeness (QED) is 0.868. The average molecular weight is 274 g/mol. The Morgan fingerprint density at radius 3 is 2.86 bits per heavy atom. The van der Waals surface area contributed by atoms with Gasteiger partial charge in [0.1, 0.15) is 0 Å². The molecule has 0 spiro atoms. The van der Waals surface area contributed by atoms with Crippen LogP contribution >= 0.6 is 27.3 Å². The maximum absolute atomic E-state index is 6.29. The summed E-state index contributed by atoms with van der Waals surface area (Å²) in [5.41, 5.74) is 6.29. The molecule has 3 unspecified atom stereocenters. The summed E-state index contributed by atoms with van der Waals surface area (Å²) < 4.78 is 1.19. The number of nitrogens with two attached hydrogens (primary N) is 1. The van der Waals surface area contributed by atoms with E-state index in [4.69, 9.17) is 5.73 Å². The summed E-state index contributed by atoms with van der Waals surface area (Å²) in [6, 6.07) is 2.34. The second-order valence-corrected chi connectivity index (χ2v) is 6.14. The van der Waals surface area contributed by atoms with E-state index in [9.17, 15) is 0 Å². The van der Waals surface area contributed by atoms with Gasteiger partial charge in [0.15, 0.2) is 0 Å². The molecule has 0 aromatic carbocycles. The van der Waals surface area contributed by atoms with Crippen molar-refractivity contribution in [1.29, 1.82) is 0 Å². The van der Waals surface area contributed by atoms with Crippen LogP contribution in [0.4, 0.5) is 0 Å². The summed E-state index contributed by atoms with van der Waals surface area (Å²) in [4.78, 5) is 1.32. The van der Waals surface area contributed by atoms with Gasteiger partial charge in [-0.1, -0.05) is 13.3 Å². The lowest BCUT2D eigenvalue weighted by molar-refractivity contribution is 0.432. The number of thiophene rings is 1. The summed E-state index contributed by atoms with van der Waals surface area (Å²) in [5.74, 6) is 1.56. The first-order valence-corrected chi connectivity index (χ1v) is 6.84. The second kappa shape index (κ2) is 4.33. The molecule has 0 amide bonds. The lowest BCUT2D eigenvalue weighted by atomic mass is 9.96. The first-order chi connectivity index (χ1) is 6.68. The molecule has 1 aromatic rings. The predicted octanol–water partition coefficient (Wildman–Crippen LogP) is 3.95. The molecular weight excluding hydrogens is 258 g/mol. The number of rotatable bonds is 2. The van der Waals surface area contributed by atoms with Crippen LogP contribution in [0.1, 0.15) is 37.1 Å². The van der Waals surface area contributed by atoms with Crippen LogP contribution in [0.15, 0.2) is 15.9 Å². The Morgan fingerprint density at radius 2 is 2.36 bits per heavy atom. The molecule has 0 aliphatic heterocycles. The van der Waals surface area contributed by atoms with Crippen molar-refractivity contribution < 1.29 is 0 Å². The van der Waals surface area contributed by atoms with Crippen molar-refractivity contribution in [3.05, 3.63) is 20.8 Å². The largest absolute Gasteiger partial charge is 0.323 e. The van der Waals surface area contributed by atoms with Crippen LogP contribution in [-0.4, -0.2) is 0 Å². The number of hydrogen-bond donors (Lipinski definition) is 1. The normalized spacial score (nSPS) is 29.4. The predicted molar refractivity (Wildman–Crippen MR) is 65.5 cm³/mol. The van der Waals surface area contributed by atoms with E-state index in [1.165, 1.54) is 28.6 Å². The van der Waals surface area contributed by atoms with Crippen LogP contribution in [0.25, 0.3) is 0 Å². The molecule has 0 radical (unpaired) electrons. The zero-order valence-corrected chi connectivity index (χ0v) is 10.8. The fraction of sp³-hybridized carbons (Fsp3) is 0.636. The third-order valence-electron chi connectivity index (χ3n) is 3.19. The lowest BCUT2D eigenvalue weighted by Crippen LogP contribution is -2.18. The van der Waals surface area contributed by atoms with Gasteiger partial charge in [-0.2, -0.15) is 0 Å². The molecule has 1 fully saturated rings. The summed E-state index contributed by atoms with van der Waals surface area (Å²) in [6.07, 6.45) is 3.94. The summed E-state index contributed by atoms with van der Waals surface area (Å²) in [6.45, 7) is 2.33. The molecule has 3 heteroatoms. The van der Waals surface area contributed by atoms with Gasteiger partial charge < -0.3 is 5.73 Å². The van der Waals surface area contributed by atoms with Crippen LogP contribution in [0.2, 0.25) is 0 Å². The minimum Gasteiger partial charge on any atom is -0.323 e. The minimum atomic E-state index is 0.245. The summed E-state index contributed by atoms with van der Waals surface area (Å²) in [5, 5.41) is 2.11. The van der Waals surface area contributed by atoms with Crippen molar-refractivity contribution in [2.45, 2.75) is 32.2 Å². The van der Waals surface area contributed by atoms with Gasteiger partial charge in [0.25, 0.3) is 0 Å². The van der Waals surface area contributed by atoms with Crippen molar-refractivity contribution in [3.8, 4) is 0 Å². The summed E-state index contributed by atoms with van der Waals surface area (Å²) in [7, 11) is 0. The third-order valence-corrected chi connectivity index (χ3v) is 5.16. The van der Waals surface area contributed by atoms with E-state index in [1.54, 1.807) is 11.3 Å². The summed E-state index contributed by atoms with van der Waals surface area (Å²) >= 11 is 5.33. The molecule has 78 valence electrons. The lowest BCUT2D eigenvalue weighted by Gasteiger charge is -2.18. The fourth-order valence-electron chi connectivity index (χ4n) is 2.33. The van der Waals surface area contributed by atoms with Crippen LogP contribution in [0.5, 0.6) is 0 Å². The Hall–Kier alpha value is 0.140. The Labute approximate surface area is 97.8 Å². The number of halogens is 1. The minimum absolute atomic E-state index is 0.245. The fourth-order valence-corrected chi connectivity index (χ4v) is 4.07. The number of hydrogen-bond acceptors (Lipinski definition) is 2. The smallest absolute Gasteiger partial charge is 0.0429 e. The molecule has 1 aliphatic carbocycles. The monoisotopic (exact) mass is 273 g/mol. The zero-order valence-electron chi connectivity index (χ0n) is 8.37. The molecule has 1 aliphatic rings. The van der Waals surface area contributed by atoms with Gasteiger partial charge in [0.2, 0.25) is 0 Å². The molecule has 1 nitrogen and oxygen atoms in total. The van der Waals surface area contributed by atoms with E-state index < -0.39 is 0 Å². The van der Waals surface area contributed by atoms with E-state index in [0.29, 0.717) is 5.92 Å². The highest BCUT2D eigenvalue weighted by molar-refractivity contribution is 9.10. The highest BCUT2D eigenvalue weighted by atomic mass is 79.9. The van der Waals surface area contributed by atoms with Crippen molar-refractivity contribution >= 4 is 27.3 Å². The highest BCUT2D eigenvalue weighted by Crippen LogP contribution is 2.41. The molecule has 1 heterocycles. The topological polar surface area (TPSA) is 26.0 Å². The van der Waals surface area contributed by atoms with Crippen LogP contribution in [-0.2, 0) is 0 Å². The van der Waals surface area contributed by atoms with Gasteiger partial charge in [-0.05, 0) is 52.1 Å². The van der Waals surface area contributed by atoms with E-state index in [-0.39, 0.29) is 6.04 Å². The van der Waals surface area contributed by atoms with Crippen molar-refractivity contribution in [2.75, 3.05) is 0 Å². The first kappa shape index (κ1) is 10.7. The first-order valence-electron chi connectivity index (χ1n) is 5.17. The van der Waals surface area contributed by atoms with Crippen LogP contribution in [0.3, 0.4) is 0 Å². The third kappa shape index (κ3) is 2.05. The van der Waals surface area contributed by atoms with Gasteiger partial charge >= 0.3 is 0 Å². The maximum Gasteiger partial charge on any atom is 0.0429 e. The van der Waals surface area contributed by atoms with Gasteiger partial charge in [-0.25, -0.2) is 0 Å². The Bertz CT molecular complexity index is 310. The molecule has 1 saturated carbocycles. The van der Waals surface area contributed by atoms with E-state index in [0.717, 1.165) is 5.92 Å². The van der Waals surface area contributed by atoms with Gasteiger partial charge in [-0.3, -0.25) is 0 Å². The average Bonchev–Trinajstić information content (AvgIpc) is 2.73. The molecule has 2 N–H and O–H groups in total. The van der Waals surface area contributed by atoms with Crippen molar-refractivity contribution in [2.24, 2.45) is 17.6 Å². The second-order valence-electron chi connectivity index (χ2n) is 4.34. The molecule has 3 atom stereocenters. The Morgan fingerprint density at radius 1 is 1.57 bits per heavy atom. The van der Waals surface area contributed by atoms with Crippen LogP contribution < -0.4 is 5.73 Å². The SMILES string of the molecule is CC1CCC(C(N)c2sccc2Br)C1. The van der Waals surface area contributed by atoms with Crippen molar-refractivity contribution in [3.63, 3.8) is 0 Å². The molecule has 14 heavy (non-hydrogen) atoms. The van der Waals surface area contributed by atoms with Crippen molar-refractivity contribution in [1.82, 2.24) is 0 Å². The molecule has 1 aromatic heterocycles. The Balaban J connectivity index is 2.09. The maximum atomic E-state index is 6.29. The van der Waals surface area contributed by atoms with Gasteiger partial charge in [0.05, 0.1) is 0 Å². The molecule has 0 bridgehead atoms. The van der Waals surface area contributed by atoms with E-state index in [2.05, 4.69) is 34.3 Å². The Kier molecular flexibility index (Phi) is 3.30. The zero-order chi connectivity index (χ0) is 10.1. The standard InChI is InChI=1S/C11H16BrNS/c1-7-2-3-8(6-7)10(13)11-9(12)4-5-14-11/h4-5,7-8,10H,2-3,6,13H2,1H3. The van der Waals surface area contributed by atoms with Crippen LogP contribution in [0, 0.1) is 11.8 Å². The molecular formula is C11H16BrNS. The van der Waals surface area contributed by atoms with Gasteiger partial charge in [0, 0.05) is 15.4 Å². The van der Waals surface area contributed by atoms with Gasteiger partial charge in [-0.15, -0.1) is 11.3 Å². The highest BCUT2D eigenvalue weighted by Gasteiger charge is 2.28. The van der Waals surface area contributed by atoms with E-state index >= 15 is 0 Å². The molecule has 0 saturated heterocycles. The molecule has 2 rings (SSSR count).